The molecule has 4 rings (SSSR count). The van der Waals surface area contributed by atoms with E-state index in [0.717, 1.165) is 61.6 Å². The minimum atomic E-state index is -0.397. The number of piperazine rings is 1. The summed E-state index contributed by atoms with van der Waals surface area (Å²) in [6.07, 6.45) is 3.47. The highest BCUT2D eigenvalue weighted by atomic mass is 32.2. The van der Waals surface area contributed by atoms with E-state index in [0.29, 0.717) is 18.3 Å². The minimum absolute atomic E-state index is 0.0190. The Kier molecular flexibility index (Phi) is 8.37. The molecule has 0 bridgehead atoms. The number of thioether (sulfide) groups is 1. The fraction of sp³-hybridized carbons (Fsp3) is 0.435. The van der Waals surface area contributed by atoms with E-state index >= 15 is 0 Å². The predicted molar refractivity (Wildman–Crippen MR) is 138 cm³/mol. The number of aromatic nitrogens is 3. The Hall–Kier alpha value is -3.38. The molecule has 11 nitrogen and oxygen atoms in total. The van der Waals surface area contributed by atoms with Crippen molar-refractivity contribution in [3.05, 3.63) is 64.4 Å². The summed E-state index contributed by atoms with van der Waals surface area (Å²) in [7, 11) is 4.01. The van der Waals surface area contributed by atoms with Crippen molar-refractivity contribution in [1.29, 1.82) is 0 Å². The van der Waals surface area contributed by atoms with Crippen LogP contribution in [0.15, 0.2) is 47.1 Å². The second-order valence-corrected chi connectivity index (χ2v) is 9.51. The van der Waals surface area contributed by atoms with E-state index in [1.807, 2.05) is 26.2 Å². The molecule has 3 aromatic heterocycles. The van der Waals surface area contributed by atoms with E-state index < -0.39 is 4.92 Å². The molecule has 1 N–H and O–H groups in total. The molecule has 3 aromatic rings. The zero-order valence-electron chi connectivity index (χ0n) is 20.0. The fourth-order valence-electron chi connectivity index (χ4n) is 3.80. The summed E-state index contributed by atoms with van der Waals surface area (Å²) in [5.74, 6) is 5.13. The van der Waals surface area contributed by atoms with Gasteiger partial charge in [-0.25, -0.2) is 15.0 Å². The maximum Gasteiger partial charge on any atom is 0.311 e. The van der Waals surface area contributed by atoms with Gasteiger partial charge in [-0.2, -0.15) is 11.8 Å². The summed E-state index contributed by atoms with van der Waals surface area (Å²) < 4.78 is 5.83. The number of rotatable bonds is 11. The van der Waals surface area contributed by atoms with Crippen LogP contribution in [0.5, 0.6) is 0 Å². The Labute approximate surface area is 208 Å². The van der Waals surface area contributed by atoms with Gasteiger partial charge in [-0.1, -0.05) is 0 Å². The van der Waals surface area contributed by atoms with Gasteiger partial charge in [0.05, 0.1) is 17.2 Å². The minimum Gasteiger partial charge on any atom is -0.464 e. The van der Waals surface area contributed by atoms with Gasteiger partial charge in [-0.3, -0.25) is 10.1 Å². The number of furan rings is 1. The molecule has 1 aliphatic heterocycles. The molecule has 0 aliphatic carbocycles. The summed E-state index contributed by atoms with van der Waals surface area (Å²) >= 11 is 1.71. The first-order chi connectivity index (χ1) is 17.0. The summed E-state index contributed by atoms with van der Waals surface area (Å²) in [6, 6.07) is 9.04. The van der Waals surface area contributed by atoms with Crippen molar-refractivity contribution in [2.45, 2.75) is 12.3 Å². The average Bonchev–Trinajstić information content (AvgIpc) is 3.30. The lowest BCUT2D eigenvalue weighted by atomic mass is 10.3. The van der Waals surface area contributed by atoms with Gasteiger partial charge in [0, 0.05) is 56.9 Å². The van der Waals surface area contributed by atoms with Crippen molar-refractivity contribution in [3.8, 4) is 0 Å². The average molecular weight is 499 g/mol. The quantitative estimate of drug-likeness (QED) is 0.239. The number of hydrogen-bond acceptors (Lipinski definition) is 11. The number of nitrogens with one attached hydrogen (secondary N) is 1. The standard InChI is InChI=1S/C23H30N8O3S/c1-28(2)16-18-4-5-19(34-18)17-35-15-10-24-22-20(31(32)33)6-7-21(27-22)29-11-13-30(14-12-29)23-25-8-3-9-26-23/h3-9H,10-17H2,1-2H3,(H,24,27). The highest BCUT2D eigenvalue weighted by molar-refractivity contribution is 7.98. The van der Waals surface area contributed by atoms with E-state index in [1.165, 1.54) is 6.07 Å². The SMILES string of the molecule is CN(C)Cc1ccc(CSCCNc2nc(N3CCN(c4ncccn4)CC3)ccc2[N+](=O)[O-])o1. The van der Waals surface area contributed by atoms with Crippen molar-refractivity contribution >= 4 is 35.0 Å². The van der Waals surface area contributed by atoms with E-state index in [-0.39, 0.29) is 5.69 Å². The van der Waals surface area contributed by atoms with E-state index in [1.54, 1.807) is 36.3 Å². The highest BCUT2D eigenvalue weighted by Gasteiger charge is 2.22. The summed E-state index contributed by atoms with van der Waals surface area (Å²) in [6.45, 7) is 4.31. The molecule has 0 spiro atoms. The molecule has 0 aromatic carbocycles. The molecule has 1 fully saturated rings. The fourth-order valence-corrected chi connectivity index (χ4v) is 4.54. The number of anilines is 3. The largest absolute Gasteiger partial charge is 0.464 e. The van der Waals surface area contributed by atoms with Crippen LogP contribution < -0.4 is 15.1 Å². The maximum absolute atomic E-state index is 11.5. The van der Waals surface area contributed by atoms with E-state index in [4.69, 9.17) is 4.42 Å². The molecular formula is C23H30N8O3S. The summed E-state index contributed by atoms with van der Waals surface area (Å²) in [5, 5.41) is 14.7. The van der Waals surface area contributed by atoms with Crippen molar-refractivity contribution in [3.63, 3.8) is 0 Å². The Morgan fingerprint density at radius 2 is 1.80 bits per heavy atom. The van der Waals surface area contributed by atoms with Gasteiger partial charge in [0.1, 0.15) is 17.3 Å². The van der Waals surface area contributed by atoms with Crippen LogP contribution in [0.25, 0.3) is 0 Å². The smallest absolute Gasteiger partial charge is 0.311 e. The lowest BCUT2D eigenvalue weighted by Gasteiger charge is -2.35. The van der Waals surface area contributed by atoms with Crippen molar-refractivity contribution in [2.75, 3.05) is 67.7 Å². The van der Waals surface area contributed by atoms with E-state index in [2.05, 4.69) is 35.0 Å². The molecule has 186 valence electrons. The lowest BCUT2D eigenvalue weighted by molar-refractivity contribution is -0.384. The second kappa shape index (κ2) is 11.8. The Bertz CT molecular complexity index is 1100. The van der Waals surface area contributed by atoms with Gasteiger partial charge in [0.15, 0.2) is 0 Å². The number of nitro groups is 1. The molecule has 0 saturated carbocycles. The Morgan fingerprint density at radius 3 is 2.51 bits per heavy atom. The van der Waals surface area contributed by atoms with Crippen molar-refractivity contribution < 1.29 is 9.34 Å². The normalized spacial score (nSPS) is 13.9. The molecule has 0 unspecified atom stereocenters. The van der Waals surface area contributed by atoms with Gasteiger partial charge < -0.3 is 24.4 Å². The lowest BCUT2D eigenvalue weighted by Crippen LogP contribution is -2.47. The predicted octanol–water partition coefficient (Wildman–Crippen LogP) is 3.11. The van der Waals surface area contributed by atoms with Crippen LogP contribution in [0.4, 0.5) is 23.3 Å². The van der Waals surface area contributed by atoms with Gasteiger partial charge in [0.25, 0.3) is 0 Å². The molecule has 1 aliphatic rings. The zero-order valence-corrected chi connectivity index (χ0v) is 20.8. The summed E-state index contributed by atoms with van der Waals surface area (Å²) in [4.78, 5) is 30.7. The maximum atomic E-state index is 11.5. The van der Waals surface area contributed by atoms with Crippen LogP contribution in [0.3, 0.4) is 0 Å². The molecule has 0 atom stereocenters. The Morgan fingerprint density at radius 1 is 1.09 bits per heavy atom. The van der Waals surface area contributed by atoms with Gasteiger partial charge >= 0.3 is 5.69 Å². The summed E-state index contributed by atoms with van der Waals surface area (Å²) in [5.41, 5.74) is -0.0190. The van der Waals surface area contributed by atoms with Crippen LogP contribution in [0.2, 0.25) is 0 Å². The molecular weight excluding hydrogens is 468 g/mol. The molecule has 12 heteroatoms. The molecule has 0 amide bonds. The van der Waals surface area contributed by atoms with Crippen LogP contribution >= 0.6 is 11.8 Å². The van der Waals surface area contributed by atoms with E-state index in [9.17, 15) is 10.1 Å². The van der Waals surface area contributed by atoms with Gasteiger partial charge in [-0.05, 0) is 38.4 Å². The third-order valence-corrected chi connectivity index (χ3v) is 6.45. The first-order valence-corrected chi connectivity index (χ1v) is 12.6. The van der Waals surface area contributed by atoms with Crippen molar-refractivity contribution in [1.82, 2.24) is 19.9 Å². The molecule has 1 saturated heterocycles. The first kappa shape index (κ1) is 24.7. The monoisotopic (exact) mass is 498 g/mol. The van der Waals surface area contributed by atoms with Crippen LogP contribution in [0, 0.1) is 10.1 Å². The number of pyridine rings is 1. The zero-order chi connectivity index (χ0) is 24.6. The van der Waals surface area contributed by atoms with Crippen LogP contribution in [-0.4, -0.2) is 77.3 Å². The van der Waals surface area contributed by atoms with Crippen molar-refractivity contribution in [2.24, 2.45) is 0 Å². The molecule has 4 heterocycles. The van der Waals surface area contributed by atoms with Gasteiger partial charge in [0.2, 0.25) is 11.8 Å². The Balaban J connectivity index is 1.29. The van der Waals surface area contributed by atoms with Gasteiger partial charge in [-0.15, -0.1) is 0 Å². The van der Waals surface area contributed by atoms with Crippen LogP contribution in [0.1, 0.15) is 11.5 Å². The van der Waals surface area contributed by atoms with Crippen LogP contribution in [-0.2, 0) is 12.3 Å². The topological polar surface area (TPSA) is 117 Å². The molecule has 35 heavy (non-hydrogen) atoms. The third kappa shape index (κ3) is 6.83. The number of hydrogen-bond donors (Lipinski definition) is 1. The third-order valence-electron chi connectivity index (χ3n) is 5.47. The highest BCUT2D eigenvalue weighted by Crippen LogP contribution is 2.27. The number of nitrogens with zero attached hydrogens (tertiary/aromatic N) is 7. The second-order valence-electron chi connectivity index (χ2n) is 8.40. The first-order valence-electron chi connectivity index (χ1n) is 11.5. The molecule has 0 radical (unpaired) electrons.